The minimum absolute atomic E-state index is 0.0859. The van der Waals surface area contributed by atoms with Gasteiger partial charge in [0, 0.05) is 36.8 Å². The first-order chi connectivity index (χ1) is 16.5. The lowest BCUT2D eigenvalue weighted by Gasteiger charge is -2.28. The summed E-state index contributed by atoms with van der Waals surface area (Å²) in [5.74, 6) is -0.112. The first kappa shape index (κ1) is 23.2. The standard InChI is InChI=1S/C26H29N5O3/c1-2-23(32)31(20-7-4-3-5-8-20)17-24(33)30-14-6-9-22(30)26(34)29-16-18-10-11-19-12-13-28-25(27)21(19)15-18/h3-5,7-8,10-13,15,22H,2,6,9,14,16-17H2,1H3,(H2,27,28)(H,29,34)/t22-/m0/s1. The molecule has 3 N–H and O–H groups in total. The van der Waals surface area contributed by atoms with Crippen LogP contribution in [0.15, 0.2) is 60.8 Å². The van der Waals surface area contributed by atoms with Crippen molar-refractivity contribution in [2.24, 2.45) is 0 Å². The summed E-state index contributed by atoms with van der Waals surface area (Å²) in [5, 5.41) is 4.78. The molecule has 0 unspecified atom stereocenters. The summed E-state index contributed by atoms with van der Waals surface area (Å²) in [6.07, 6.45) is 3.30. The second-order valence-corrected chi connectivity index (χ2v) is 8.38. The number of nitrogens with two attached hydrogens (primary N) is 1. The van der Waals surface area contributed by atoms with E-state index in [2.05, 4.69) is 10.3 Å². The predicted octanol–water partition coefficient (Wildman–Crippen LogP) is 2.87. The van der Waals surface area contributed by atoms with Gasteiger partial charge in [0.15, 0.2) is 0 Å². The second kappa shape index (κ2) is 10.3. The van der Waals surface area contributed by atoms with Gasteiger partial charge in [-0.25, -0.2) is 4.98 Å². The van der Waals surface area contributed by atoms with Gasteiger partial charge in [-0.05, 0) is 48.1 Å². The lowest BCUT2D eigenvalue weighted by molar-refractivity contribution is -0.138. The Hall–Kier alpha value is -3.94. The van der Waals surface area contributed by atoms with Crippen LogP contribution in [0.3, 0.4) is 0 Å². The molecule has 0 saturated carbocycles. The van der Waals surface area contributed by atoms with E-state index in [0.717, 1.165) is 22.8 Å². The number of likely N-dealkylation sites (tertiary alicyclic amines) is 1. The second-order valence-electron chi connectivity index (χ2n) is 8.38. The third kappa shape index (κ3) is 5.01. The maximum Gasteiger partial charge on any atom is 0.243 e. The molecule has 3 amide bonds. The molecular weight excluding hydrogens is 430 g/mol. The Kier molecular flexibility index (Phi) is 7.06. The molecule has 4 rings (SSSR count). The number of rotatable bonds is 7. The van der Waals surface area contributed by atoms with Crippen molar-refractivity contribution in [3.05, 3.63) is 66.4 Å². The summed E-state index contributed by atoms with van der Waals surface area (Å²) in [6.45, 7) is 2.51. The van der Waals surface area contributed by atoms with Gasteiger partial charge in [0.25, 0.3) is 0 Å². The SMILES string of the molecule is CCC(=O)N(CC(=O)N1CCC[C@H]1C(=O)NCc1ccc2ccnc(N)c2c1)c1ccccc1. The van der Waals surface area contributed by atoms with Crippen LogP contribution < -0.4 is 16.0 Å². The molecule has 1 aliphatic heterocycles. The van der Waals surface area contributed by atoms with Crippen LogP contribution in [-0.2, 0) is 20.9 Å². The normalized spacial score (nSPS) is 15.3. The van der Waals surface area contributed by atoms with E-state index in [4.69, 9.17) is 5.73 Å². The van der Waals surface area contributed by atoms with E-state index in [0.29, 0.717) is 31.0 Å². The van der Waals surface area contributed by atoms with E-state index in [-0.39, 0.29) is 30.7 Å². The molecule has 2 aromatic carbocycles. The van der Waals surface area contributed by atoms with E-state index >= 15 is 0 Å². The molecule has 8 nitrogen and oxygen atoms in total. The maximum atomic E-state index is 13.2. The molecule has 2 heterocycles. The number of anilines is 2. The fourth-order valence-corrected chi connectivity index (χ4v) is 4.34. The molecule has 0 spiro atoms. The van der Waals surface area contributed by atoms with Crippen LogP contribution in [0, 0.1) is 0 Å². The van der Waals surface area contributed by atoms with E-state index < -0.39 is 6.04 Å². The van der Waals surface area contributed by atoms with Crippen LogP contribution in [0.4, 0.5) is 11.5 Å². The van der Waals surface area contributed by atoms with Crippen LogP contribution in [-0.4, -0.2) is 46.7 Å². The summed E-state index contributed by atoms with van der Waals surface area (Å²) in [7, 11) is 0. The number of nitrogen functional groups attached to an aromatic ring is 1. The Morgan fingerprint density at radius 3 is 2.71 bits per heavy atom. The molecule has 3 aromatic rings. The summed E-state index contributed by atoms with van der Waals surface area (Å²) in [4.78, 5) is 45.9. The van der Waals surface area contributed by atoms with E-state index in [1.54, 1.807) is 30.2 Å². The molecule has 0 aliphatic carbocycles. The van der Waals surface area contributed by atoms with Crippen molar-refractivity contribution in [3.63, 3.8) is 0 Å². The first-order valence-corrected chi connectivity index (χ1v) is 11.5. The van der Waals surface area contributed by atoms with E-state index in [1.807, 2.05) is 42.5 Å². The Bertz CT molecular complexity index is 1200. The van der Waals surface area contributed by atoms with Crippen molar-refractivity contribution < 1.29 is 14.4 Å². The van der Waals surface area contributed by atoms with Crippen molar-refractivity contribution in [1.82, 2.24) is 15.2 Å². The van der Waals surface area contributed by atoms with Gasteiger partial charge >= 0.3 is 0 Å². The lowest BCUT2D eigenvalue weighted by Crippen LogP contribution is -2.49. The molecule has 176 valence electrons. The molecular formula is C26H29N5O3. The van der Waals surface area contributed by atoms with Gasteiger partial charge in [-0.1, -0.05) is 37.3 Å². The summed E-state index contributed by atoms with van der Waals surface area (Å²) in [5.41, 5.74) is 7.55. The molecule has 1 fully saturated rings. The first-order valence-electron chi connectivity index (χ1n) is 11.5. The number of carbonyl (C=O) groups is 3. The number of nitrogens with zero attached hydrogens (tertiary/aromatic N) is 3. The zero-order chi connectivity index (χ0) is 24.1. The molecule has 1 saturated heterocycles. The third-order valence-corrected chi connectivity index (χ3v) is 6.17. The number of carbonyl (C=O) groups excluding carboxylic acids is 3. The fraction of sp³-hybridized carbons (Fsp3) is 0.308. The maximum absolute atomic E-state index is 13.2. The Labute approximate surface area is 198 Å². The lowest BCUT2D eigenvalue weighted by atomic mass is 10.1. The molecule has 1 aromatic heterocycles. The third-order valence-electron chi connectivity index (χ3n) is 6.17. The predicted molar refractivity (Wildman–Crippen MR) is 132 cm³/mol. The summed E-state index contributed by atoms with van der Waals surface area (Å²) >= 11 is 0. The van der Waals surface area contributed by atoms with Gasteiger partial charge in [-0.3, -0.25) is 14.4 Å². The summed E-state index contributed by atoms with van der Waals surface area (Å²) in [6, 6.07) is 16.3. The number of para-hydroxylation sites is 1. The zero-order valence-corrected chi connectivity index (χ0v) is 19.2. The number of nitrogens with one attached hydrogen (secondary N) is 1. The number of fused-ring (bicyclic) bond motifs is 1. The topological polar surface area (TPSA) is 109 Å². The molecule has 0 bridgehead atoms. The van der Waals surface area contributed by atoms with E-state index in [1.165, 1.54) is 4.90 Å². The molecule has 1 aliphatic rings. The minimum atomic E-state index is -0.547. The largest absolute Gasteiger partial charge is 0.383 e. The monoisotopic (exact) mass is 459 g/mol. The van der Waals surface area contributed by atoms with Crippen molar-refractivity contribution in [2.45, 2.75) is 38.8 Å². The van der Waals surface area contributed by atoms with Gasteiger partial charge in [0.2, 0.25) is 17.7 Å². The van der Waals surface area contributed by atoms with Crippen LogP contribution in [0.1, 0.15) is 31.7 Å². The van der Waals surface area contributed by atoms with Gasteiger partial charge in [0.1, 0.15) is 18.4 Å². The van der Waals surface area contributed by atoms with Gasteiger partial charge in [-0.15, -0.1) is 0 Å². The average Bonchev–Trinajstić information content (AvgIpc) is 3.36. The number of amides is 3. The van der Waals surface area contributed by atoms with Crippen molar-refractivity contribution in [2.75, 3.05) is 23.7 Å². The Morgan fingerprint density at radius 2 is 1.94 bits per heavy atom. The Morgan fingerprint density at radius 1 is 1.15 bits per heavy atom. The van der Waals surface area contributed by atoms with Crippen molar-refractivity contribution >= 4 is 40.0 Å². The van der Waals surface area contributed by atoms with Gasteiger partial charge < -0.3 is 20.9 Å². The van der Waals surface area contributed by atoms with Crippen molar-refractivity contribution in [1.29, 1.82) is 0 Å². The quantitative estimate of drug-likeness (QED) is 0.565. The highest BCUT2D eigenvalue weighted by atomic mass is 16.2. The van der Waals surface area contributed by atoms with E-state index in [9.17, 15) is 14.4 Å². The van der Waals surface area contributed by atoms with Crippen LogP contribution in [0.2, 0.25) is 0 Å². The molecule has 34 heavy (non-hydrogen) atoms. The number of aromatic nitrogens is 1. The molecule has 0 radical (unpaired) electrons. The highest BCUT2D eigenvalue weighted by molar-refractivity contribution is 5.99. The number of hydrogen-bond donors (Lipinski definition) is 2. The molecule has 8 heteroatoms. The average molecular weight is 460 g/mol. The Balaban J connectivity index is 1.42. The fourth-order valence-electron chi connectivity index (χ4n) is 4.34. The van der Waals surface area contributed by atoms with Crippen LogP contribution in [0.5, 0.6) is 0 Å². The number of hydrogen-bond acceptors (Lipinski definition) is 5. The number of benzene rings is 2. The van der Waals surface area contributed by atoms with Crippen LogP contribution >= 0.6 is 0 Å². The van der Waals surface area contributed by atoms with Gasteiger partial charge in [-0.2, -0.15) is 0 Å². The minimum Gasteiger partial charge on any atom is -0.383 e. The smallest absolute Gasteiger partial charge is 0.243 e. The van der Waals surface area contributed by atoms with Crippen LogP contribution in [0.25, 0.3) is 10.8 Å². The highest BCUT2D eigenvalue weighted by Crippen LogP contribution is 2.22. The summed E-state index contributed by atoms with van der Waals surface area (Å²) < 4.78 is 0. The zero-order valence-electron chi connectivity index (χ0n) is 19.2. The van der Waals surface area contributed by atoms with Crippen molar-refractivity contribution in [3.8, 4) is 0 Å². The molecule has 1 atom stereocenters. The highest BCUT2D eigenvalue weighted by Gasteiger charge is 2.35. The van der Waals surface area contributed by atoms with Gasteiger partial charge in [0.05, 0.1) is 0 Å². The number of pyridine rings is 1.